The Morgan fingerprint density at radius 2 is 2.18 bits per heavy atom. The van der Waals surface area contributed by atoms with Crippen molar-refractivity contribution in [3.8, 4) is 0 Å². The molecule has 2 fully saturated rings. The van der Waals surface area contributed by atoms with Crippen LogP contribution in [0.1, 0.15) is 25.7 Å². The molecule has 1 aromatic rings. The molecule has 0 radical (unpaired) electrons. The van der Waals surface area contributed by atoms with Gasteiger partial charge in [0.2, 0.25) is 0 Å². The van der Waals surface area contributed by atoms with Gasteiger partial charge in [0.25, 0.3) is 0 Å². The van der Waals surface area contributed by atoms with Gasteiger partial charge >= 0.3 is 0 Å². The van der Waals surface area contributed by atoms with Gasteiger partial charge in [-0.3, -0.25) is 0 Å². The Hall–Kier alpha value is -1.06. The Labute approximate surface area is 102 Å². The number of anilines is 1. The van der Waals surface area contributed by atoms with Gasteiger partial charge in [0.1, 0.15) is 11.7 Å². The van der Waals surface area contributed by atoms with E-state index in [1.54, 1.807) is 0 Å². The highest BCUT2D eigenvalue weighted by molar-refractivity contribution is 5.42. The van der Waals surface area contributed by atoms with Crippen molar-refractivity contribution >= 4 is 5.69 Å². The lowest BCUT2D eigenvalue weighted by Gasteiger charge is -2.23. The van der Waals surface area contributed by atoms with Crippen molar-refractivity contribution < 1.29 is 9.84 Å². The van der Waals surface area contributed by atoms with E-state index in [4.69, 9.17) is 4.74 Å². The van der Waals surface area contributed by atoms with Crippen LogP contribution in [0.25, 0.3) is 0 Å². The lowest BCUT2D eigenvalue weighted by atomic mass is 9.85. The molecule has 2 N–H and O–H groups in total. The molecule has 1 aromatic carbocycles. The second-order valence-electron chi connectivity index (χ2n) is 5.07. The van der Waals surface area contributed by atoms with Crippen LogP contribution in [0.4, 0.5) is 5.69 Å². The van der Waals surface area contributed by atoms with Crippen LogP contribution in [-0.2, 0) is 4.74 Å². The van der Waals surface area contributed by atoms with E-state index >= 15 is 0 Å². The number of hydrogen-bond donors (Lipinski definition) is 2. The molecule has 1 aliphatic carbocycles. The van der Waals surface area contributed by atoms with Crippen LogP contribution in [0.2, 0.25) is 0 Å². The Bertz CT molecular complexity index is 381. The summed E-state index contributed by atoms with van der Waals surface area (Å²) < 4.78 is 5.73. The molecule has 3 unspecified atom stereocenters. The topological polar surface area (TPSA) is 44.8 Å². The summed E-state index contributed by atoms with van der Waals surface area (Å²) in [4.78, 5) is 0. The van der Waals surface area contributed by atoms with Crippen molar-refractivity contribution in [3.05, 3.63) is 30.3 Å². The summed E-state index contributed by atoms with van der Waals surface area (Å²) in [5.74, 6) is 0. The number of aliphatic hydroxyl groups excluding tert-OH is 1. The van der Waals surface area contributed by atoms with Crippen molar-refractivity contribution in [1.82, 2.24) is 0 Å². The van der Waals surface area contributed by atoms with E-state index in [1.807, 2.05) is 30.3 Å². The summed E-state index contributed by atoms with van der Waals surface area (Å²) in [5.41, 5.74) is 0.830. The highest BCUT2D eigenvalue weighted by atomic mass is 16.6. The quantitative estimate of drug-likeness (QED) is 0.783. The van der Waals surface area contributed by atoms with Crippen LogP contribution in [0, 0.1) is 0 Å². The number of nitrogens with one attached hydrogen (secondary N) is 1. The molecule has 17 heavy (non-hydrogen) atoms. The summed E-state index contributed by atoms with van der Waals surface area (Å²) >= 11 is 0. The maximum Gasteiger partial charge on any atom is 0.122 e. The van der Waals surface area contributed by atoms with Crippen LogP contribution in [0.15, 0.2) is 30.3 Å². The minimum Gasteiger partial charge on any atom is -0.388 e. The molecule has 1 heterocycles. The highest BCUT2D eigenvalue weighted by Crippen LogP contribution is 2.50. The van der Waals surface area contributed by atoms with Gasteiger partial charge in [-0.15, -0.1) is 0 Å². The molecule has 0 spiro atoms. The second-order valence-corrected chi connectivity index (χ2v) is 5.07. The molecule has 92 valence electrons. The fourth-order valence-electron chi connectivity index (χ4n) is 2.89. The smallest absolute Gasteiger partial charge is 0.122 e. The Kier molecular flexibility index (Phi) is 2.81. The van der Waals surface area contributed by atoms with Crippen LogP contribution in [0.3, 0.4) is 0 Å². The fraction of sp³-hybridized carbons (Fsp3) is 0.571. The second kappa shape index (κ2) is 4.31. The SMILES string of the molecule is OC(CNc1ccccc1)C12CCCCC1O2. The maximum absolute atomic E-state index is 10.2. The third kappa shape index (κ3) is 2.05. The van der Waals surface area contributed by atoms with Gasteiger partial charge in [-0.05, 0) is 25.0 Å². The minimum atomic E-state index is -0.395. The van der Waals surface area contributed by atoms with E-state index in [1.165, 1.54) is 12.8 Å². The molecule has 3 heteroatoms. The fourth-order valence-corrected chi connectivity index (χ4v) is 2.89. The number of aliphatic hydroxyl groups is 1. The van der Waals surface area contributed by atoms with Gasteiger partial charge < -0.3 is 15.2 Å². The average Bonchev–Trinajstić information content (AvgIpc) is 3.13. The van der Waals surface area contributed by atoms with Crippen molar-refractivity contribution in [2.75, 3.05) is 11.9 Å². The van der Waals surface area contributed by atoms with Crippen LogP contribution in [-0.4, -0.2) is 29.5 Å². The molecular formula is C14H19NO2. The van der Waals surface area contributed by atoms with Crippen LogP contribution >= 0.6 is 0 Å². The molecule has 3 rings (SSSR count). The van der Waals surface area contributed by atoms with Gasteiger partial charge in [-0.25, -0.2) is 0 Å². The van der Waals surface area contributed by atoms with E-state index in [9.17, 15) is 5.11 Å². The molecule has 1 aliphatic heterocycles. The first-order valence-electron chi connectivity index (χ1n) is 6.46. The van der Waals surface area contributed by atoms with Crippen molar-refractivity contribution in [3.63, 3.8) is 0 Å². The van der Waals surface area contributed by atoms with E-state index in [0.717, 1.165) is 18.5 Å². The van der Waals surface area contributed by atoms with Crippen LogP contribution < -0.4 is 5.32 Å². The van der Waals surface area contributed by atoms with Gasteiger partial charge in [0.05, 0.1) is 6.10 Å². The normalized spacial score (nSPS) is 32.6. The van der Waals surface area contributed by atoms with E-state index in [2.05, 4.69) is 5.32 Å². The van der Waals surface area contributed by atoms with Crippen molar-refractivity contribution in [2.24, 2.45) is 0 Å². The summed E-state index contributed by atoms with van der Waals surface area (Å²) in [6.45, 7) is 0.570. The minimum absolute atomic E-state index is 0.222. The lowest BCUT2D eigenvalue weighted by Crippen LogP contribution is -2.39. The summed E-state index contributed by atoms with van der Waals surface area (Å²) in [5, 5.41) is 13.5. The third-order valence-corrected chi connectivity index (χ3v) is 3.97. The monoisotopic (exact) mass is 233 g/mol. The zero-order valence-corrected chi connectivity index (χ0v) is 9.93. The first-order valence-corrected chi connectivity index (χ1v) is 6.46. The average molecular weight is 233 g/mol. The van der Waals surface area contributed by atoms with Crippen molar-refractivity contribution in [1.29, 1.82) is 0 Å². The molecule has 2 aliphatic rings. The Morgan fingerprint density at radius 3 is 2.94 bits per heavy atom. The zero-order valence-electron chi connectivity index (χ0n) is 9.93. The summed E-state index contributed by atoms with van der Waals surface area (Å²) in [7, 11) is 0. The molecule has 0 amide bonds. The zero-order chi connectivity index (χ0) is 11.7. The predicted molar refractivity (Wildman–Crippen MR) is 67.0 cm³/mol. The number of epoxide rings is 1. The summed E-state index contributed by atoms with van der Waals surface area (Å²) in [6, 6.07) is 9.99. The number of rotatable bonds is 4. The third-order valence-electron chi connectivity index (χ3n) is 3.97. The molecule has 1 saturated heterocycles. The number of hydrogen-bond acceptors (Lipinski definition) is 3. The largest absolute Gasteiger partial charge is 0.388 e. The van der Waals surface area contributed by atoms with Gasteiger partial charge in [0.15, 0.2) is 0 Å². The lowest BCUT2D eigenvalue weighted by molar-refractivity contribution is 0.0773. The van der Waals surface area contributed by atoms with Gasteiger partial charge in [-0.1, -0.05) is 31.0 Å². The van der Waals surface area contributed by atoms with Gasteiger partial charge in [0, 0.05) is 12.2 Å². The van der Waals surface area contributed by atoms with E-state index in [0.29, 0.717) is 12.6 Å². The van der Waals surface area contributed by atoms with E-state index < -0.39 is 6.10 Å². The van der Waals surface area contributed by atoms with Crippen molar-refractivity contribution in [2.45, 2.75) is 43.5 Å². The maximum atomic E-state index is 10.2. The molecular weight excluding hydrogens is 214 g/mol. The number of fused-ring (bicyclic) bond motifs is 1. The number of benzene rings is 1. The molecule has 3 atom stereocenters. The molecule has 1 saturated carbocycles. The standard InChI is InChI=1S/C14H19NO2/c16-12(10-15-11-6-2-1-3-7-11)14-9-5-4-8-13(14)17-14/h1-3,6-7,12-13,15-16H,4-5,8-10H2. The first-order chi connectivity index (χ1) is 8.31. The molecule has 0 bridgehead atoms. The number of para-hydroxylation sites is 1. The highest BCUT2D eigenvalue weighted by Gasteiger charge is 2.61. The molecule has 3 nitrogen and oxygen atoms in total. The number of ether oxygens (including phenoxy) is 1. The van der Waals surface area contributed by atoms with Crippen LogP contribution in [0.5, 0.6) is 0 Å². The Morgan fingerprint density at radius 1 is 1.35 bits per heavy atom. The van der Waals surface area contributed by atoms with Gasteiger partial charge in [-0.2, -0.15) is 0 Å². The summed E-state index contributed by atoms with van der Waals surface area (Å²) in [6.07, 6.45) is 4.46. The predicted octanol–water partition coefficient (Wildman–Crippen LogP) is 2.17. The molecule has 0 aromatic heterocycles. The van der Waals surface area contributed by atoms with E-state index in [-0.39, 0.29) is 5.60 Å². The Balaban J connectivity index is 1.56. The first kappa shape index (κ1) is 11.1.